The lowest BCUT2D eigenvalue weighted by Crippen LogP contribution is -2.28. The average Bonchev–Trinajstić information content (AvgIpc) is 2.68. The Morgan fingerprint density at radius 2 is 2.03 bits per heavy atom. The summed E-state index contributed by atoms with van der Waals surface area (Å²) < 4.78 is 30.7. The Kier molecular flexibility index (Phi) is 6.18. The third kappa shape index (κ3) is 4.91. The van der Waals surface area contributed by atoms with Crippen molar-refractivity contribution in [1.82, 2.24) is 0 Å². The Bertz CT molecular complexity index is 1050. The lowest BCUT2D eigenvalue weighted by Gasteiger charge is -2.22. The zero-order valence-corrected chi connectivity index (χ0v) is 17.9. The number of amides is 2. The van der Waals surface area contributed by atoms with Crippen molar-refractivity contribution in [3.63, 3.8) is 0 Å². The molecule has 29 heavy (non-hydrogen) atoms. The first-order valence-electron chi connectivity index (χ1n) is 8.99. The fourth-order valence-corrected chi connectivity index (χ4v) is 5.35. The number of thioether (sulfide) groups is 1. The number of ether oxygens (including phenoxy) is 1. The van der Waals surface area contributed by atoms with Crippen LogP contribution < -0.4 is 15.4 Å². The van der Waals surface area contributed by atoms with Crippen molar-refractivity contribution in [1.29, 1.82) is 0 Å². The lowest BCUT2D eigenvalue weighted by atomic mass is 10.2. The number of methoxy groups -OCH3 is 1. The van der Waals surface area contributed by atoms with E-state index in [4.69, 9.17) is 4.74 Å². The molecule has 2 aromatic carbocycles. The molecule has 9 heteroatoms. The number of benzene rings is 2. The Hall–Kier alpha value is -2.52. The predicted molar refractivity (Wildman–Crippen MR) is 113 cm³/mol. The first kappa shape index (κ1) is 21.2. The topological polar surface area (TPSA) is 102 Å². The Labute approximate surface area is 174 Å². The maximum atomic E-state index is 12.8. The summed E-state index contributed by atoms with van der Waals surface area (Å²) in [6.07, 6.45) is 0. The molecule has 0 aromatic heterocycles. The van der Waals surface area contributed by atoms with Gasteiger partial charge in [0.05, 0.1) is 28.7 Å². The molecular weight excluding hydrogens is 412 g/mol. The van der Waals surface area contributed by atoms with E-state index in [9.17, 15) is 18.0 Å². The first-order chi connectivity index (χ1) is 13.7. The highest BCUT2D eigenvalue weighted by Gasteiger charge is 2.27. The van der Waals surface area contributed by atoms with Crippen LogP contribution in [-0.4, -0.2) is 38.3 Å². The van der Waals surface area contributed by atoms with E-state index in [0.717, 1.165) is 4.90 Å². The van der Waals surface area contributed by atoms with Gasteiger partial charge in [-0.05, 0) is 37.3 Å². The molecule has 0 spiro atoms. The van der Waals surface area contributed by atoms with E-state index in [1.165, 1.54) is 31.0 Å². The molecule has 2 aromatic rings. The van der Waals surface area contributed by atoms with Gasteiger partial charge in [-0.3, -0.25) is 9.59 Å². The van der Waals surface area contributed by atoms with E-state index < -0.39 is 21.7 Å². The molecule has 0 saturated carbocycles. The zero-order valence-electron chi connectivity index (χ0n) is 16.3. The fraction of sp³-hybridized carbons (Fsp3) is 0.300. The van der Waals surface area contributed by atoms with Crippen LogP contribution in [0.25, 0.3) is 0 Å². The number of hydrogen-bond donors (Lipinski definition) is 2. The van der Waals surface area contributed by atoms with E-state index in [0.29, 0.717) is 17.1 Å². The number of sulfone groups is 1. The molecule has 1 aliphatic heterocycles. The van der Waals surface area contributed by atoms with Crippen molar-refractivity contribution in [2.24, 2.45) is 5.92 Å². The molecule has 1 heterocycles. The van der Waals surface area contributed by atoms with Crippen LogP contribution in [0.3, 0.4) is 0 Å². The molecular formula is C20H22N2O5S2. The predicted octanol–water partition coefficient (Wildman–Crippen LogP) is 3.18. The summed E-state index contributed by atoms with van der Waals surface area (Å²) in [6.45, 7) is 3.35. The van der Waals surface area contributed by atoms with Gasteiger partial charge in [-0.15, -0.1) is 11.8 Å². The quantitative estimate of drug-likeness (QED) is 0.724. The molecule has 0 fully saturated rings. The van der Waals surface area contributed by atoms with Gasteiger partial charge >= 0.3 is 0 Å². The maximum absolute atomic E-state index is 12.8. The minimum Gasteiger partial charge on any atom is -0.497 e. The number of fused-ring (bicyclic) bond motifs is 1. The van der Waals surface area contributed by atoms with Gasteiger partial charge < -0.3 is 15.4 Å². The second-order valence-corrected chi connectivity index (χ2v) is 10.2. The van der Waals surface area contributed by atoms with Gasteiger partial charge in [-0.1, -0.05) is 13.0 Å². The Morgan fingerprint density at radius 1 is 1.28 bits per heavy atom. The molecule has 2 atom stereocenters. The third-order valence-corrected chi connectivity index (χ3v) is 7.58. The molecule has 0 bridgehead atoms. The van der Waals surface area contributed by atoms with Gasteiger partial charge in [0.15, 0.2) is 9.84 Å². The van der Waals surface area contributed by atoms with E-state index in [2.05, 4.69) is 10.6 Å². The van der Waals surface area contributed by atoms with Gasteiger partial charge in [0, 0.05) is 22.6 Å². The number of carbonyl (C=O) groups is 2. The maximum Gasteiger partial charge on any atom is 0.237 e. The highest BCUT2D eigenvalue weighted by atomic mass is 32.2. The molecule has 1 aliphatic rings. The van der Waals surface area contributed by atoms with Crippen LogP contribution in [0, 0.1) is 5.92 Å². The Morgan fingerprint density at radius 3 is 2.76 bits per heavy atom. The molecule has 0 radical (unpaired) electrons. The van der Waals surface area contributed by atoms with Crippen LogP contribution in [-0.2, 0) is 19.4 Å². The second kappa shape index (κ2) is 8.46. The molecule has 2 N–H and O–H groups in total. The molecule has 7 nitrogen and oxygen atoms in total. The number of nitrogens with one attached hydrogen (secondary N) is 2. The minimum absolute atomic E-state index is 0.0766. The van der Waals surface area contributed by atoms with Crippen molar-refractivity contribution >= 4 is 44.8 Å². The van der Waals surface area contributed by atoms with Crippen molar-refractivity contribution in [3.8, 4) is 5.75 Å². The average molecular weight is 435 g/mol. The largest absolute Gasteiger partial charge is 0.497 e. The van der Waals surface area contributed by atoms with Gasteiger partial charge in [-0.2, -0.15) is 0 Å². The van der Waals surface area contributed by atoms with Crippen LogP contribution >= 0.6 is 11.8 Å². The summed E-state index contributed by atoms with van der Waals surface area (Å²) in [5, 5.41) is 5.20. The molecule has 0 aliphatic carbocycles. The summed E-state index contributed by atoms with van der Waals surface area (Å²) in [5.41, 5.74) is 1.01. The smallest absolute Gasteiger partial charge is 0.237 e. The van der Waals surface area contributed by atoms with Gasteiger partial charge in [0.2, 0.25) is 11.8 Å². The van der Waals surface area contributed by atoms with Crippen molar-refractivity contribution in [2.75, 3.05) is 23.5 Å². The van der Waals surface area contributed by atoms with E-state index in [1.807, 2.05) is 0 Å². The van der Waals surface area contributed by atoms with Crippen LogP contribution in [0.2, 0.25) is 0 Å². The SMILES string of the molecule is COc1cccc(NC(=O)[C@@H](C)CS(=O)(=O)c2ccc3c(c2)NC(=O)[C@@H](C)S3)c1. The number of hydrogen-bond acceptors (Lipinski definition) is 6. The standard InChI is InChI=1S/C20H22N2O5S2/c1-12(19(23)21-14-5-4-6-15(9-14)27-3)11-29(25,26)16-7-8-18-17(10-16)22-20(24)13(2)28-18/h4-10,12-13H,11H2,1-3H3,(H,21,23)(H,22,24)/t12-,13+/m0/s1. The van der Waals surface area contributed by atoms with E-state index in [-0.39, 0.29) is 21.8 Å². The monoisotopic (exact) mass is 434 g/mol. The molecule has 0 unspecified atom stereocenters. The van der Waals surface area contributed by atoms with Crippen molar-refractivity contribution in [3.05, 3.63) is 42.5 Å². The summed E-state index contributed by atoms with van der Waals surface area (Å²) in [6, 6.07) is 11.5. The lowest BCUT2D eigenvalue weighted by molar-refractivity contribution is -0.119. The highest BCUT2D eigenvalue weighted by molar-refractivity contribution is 8.01. The molecule has 3 rings (SSSR count). The molecule has 2 amide bonds. The van der Waals surface area contributed by atoms with Gasteiger partial charge in [-0.25, -0.2) is 8.42 Å². The summed E-state index contributed by atoms with van der Waals surface area (Å²) >= 11 is 1.38. The number of anilines is 2. The number of carbonyl (C=O) groups excluding carboxylic acids is 2. The summed E-state index contributed by atoms with van der Waals surface area (Å²) in [7, 11) is -2.20. The molecule has 0 saturated heterocycles. The van der Waals surface area contributed by atoms with Crippen molar-refractivity contribution in [2.45, 2.75) is 28.9 Å². The van der Waals surface area contributed by atoms with Gasteiger partial charge in [0.25, 0.3) is 0 Å². The van der Waals surface area contributed by atoms with Crippen molar-refractivity contribution < 1.29 is 22.7 Å². The Balaban J connectivity index is 1.72. The van der Waals surface area contributed by atoms with Crippen LogP contribution in [0.1, 0.15) is 13.8 Å². The minimum atomic E-state index is -3.72. The fourth-order valence-electron chi connectivity index (χ4n) is 2.85. The summed E-state index contributed by atoms with van der Waals surface area (Å²) in [5.74, 6) is -1.10. The van der Waals surface area contributed by atoms with Crippen LogP contribution in [0.15, 0.2) is 52.3 Å². The van der Waals surface area contributed by atoms with E-state index >= 15 is 0 Å². The normalized spacial score (nSPS) is 17.1. The van der Waals surface area contributed by atoms with Gasteiger partial charge in [0.1, 0.15) is 5.75 Å². The molecule has 154 valence electrons. The summed E-state index contributed by atoms with van der Waals surface area (Å²) in [4.78, 5) is 25.2. The van der Waals surface area contributed by atoms with Crippen LogP contribution in [0.4, 0.5) is 11.4 Å². The number of rotatable bonds is 6. The zero-order chi connectivity index (χ0) is 21.2. The second-order valence-electron chi connectivity index (χ2n) is 6.81. The van der Waals surface area contributed by atoms with Crippen LogP contribution in [0.5, 0.6) is 5.75 Å². The first-order valence-corrected chi connectivity index (χ1v) is 11.5. The third-order valence-electron chi connectivity index (χ3n) is 4.50. The van der Waals surface area contributed by atoms with E-state index in [1.54, 1.807) is 44.2 Å². The highest BCUT2D eigenvalue weighted by Crippen LogP contribution is 2.37.